The van der Waals surface area contributed by atoms with Crippen molar-refractivity contribution in [3.63, 3.8) is 0 Å². The number of aryl methyl sites for hydroxylation is 1. The molecule has 0 N–H and O–H groups in total. The third-order valence-electron chi connectivity index (χ3n) is 5.01. The van der Waals surface area contributed by atoms with Crippen LogP contribution >= 0.6 is 0 Å². The molecule has 1 aliphatic rings. The molecule has 0 amide bonds. The quantitative estimate of drug-likeness (QED) is 0.436. The number of carbonyl (C=O) groups is 1. The van der Waals surface area contributed by atoms with Gasteiger partial charge in [-0.25, -0.2) is 9.18 Å². The normalized spacial score (nSPS) is 15.0. The maximum absolute atomic E-state index is 13.0. The summed E-state index contributed by atoms with van der Waals surface area (Å²) in [5.74, 6) is -0.417. The van der Waals surface area contributed by atoms with Crippen LogP contribution in [0.5, 0.6) is 0 Å². The molecule has 0 spiro atoms. The van der Waals surface area contributed by atoms with Crippen LogP contribution in [0.2, 0.25) is 0 Å². The molecule has 29 heavy (non-hydrogen) atoms. The van der Waals surface area contributed by atoms with Crippen molar-refractivity contribution >= 4 is 12.0 Å². The molecular formula is C22H22FN3O3. The molecule has 0 bridgehead atoms. The molecule has 6 nitrogen and oxygen atoms in total. The van der Waals surface area contributed by atoms with Crippen LogP contribution in [0.15, 0.2) is 40.8 Å². The largest absolute Gasteiger partial charge is 0.449 e. The van der Waals surface area contributed by atoms with Gasteiger partial charge in [0, 0.05) is 29.1 Å². The lowest BCUT2D eigenvalue weighted by Crippen LogP contribution is -2.06. The number of ether oxygens (including phenoxy) is 1. The van der Waals surface area contributed by atoms with E-state index in [0.29, 0.717) is 11.6 Å². The average molecular weight is 395 g/mol. The molecule has 1 aliphatic carbocycles. The van der Waals surface area contributed by atoms with Crippen molar-refractivity contribution in [3.05, 3.63) is 65.1 Å². The van der Waals surface area contributed by atoms with Crippen molar-refractivity contribution < 1.29 is 18.3 Å². The fourth-order valence-corrected chi connectivity index (χ4v) is 3.40. The van der Waals surface area contributed by atoms with Gasteiger partial charge in [0.1, 0.15) is 5.82 Å². The van der Waals surface area contributed by atoms with Gasteiger partial charge in [0.25, 0.3) is 5.89 Å². The van der Waals surface area contributed by atoms with Crippen LogP contribution in [0.3, 0.4) is 0 Å². The maximum atomic E-state index is 13.0. The second kappa shape index (κ2) is 7.66. The van der Waals surface area contributed by atoms with E-state index in [9.17, 15) is 9.18 Å². The molecule has 1 aromatic carbocycles. The summed E-state index contributed by atoms with van der Waals surface area (Å²) in [5.41, 5.74) is 3.96. The number of carbonyl (C=O) groups excluding carboxylic acids is 1. The SMILES string of the molecule is Cc1cc(/C=C/C(=O)O[C@@H](C)c2nnc(-c3ccc(F)cc3)o2)c(C)n1C1CC1. The van der Waals surface area contributed by atoms with Gasteiger partial charge < -0.3 is 13.7 Å². The third-order valence-corrected chi connectivity index (χ3v) is 5.01. The van der Waals surface area contributed by atoms with Crippen LogP contribution in [0.1, 0.15) is 54.8 Å². The first kappa shape index (κ1) is 19.1. The molecule has 0 radical (unpaired) electrons. The Morgan fingerprint density at radius 1 is 1.28 bits per heavy atom. The van der Waals surface area contributed by atoms with Crippen molar-refractivity contribution in [2.24, 2.45) is 0 Å². The summed E-state index contributed by atoms with van der Waals surface area (Å²) >= 11 is 0. The van der Waals surface area contributed by atoms with Gasteiger partial charge in [-0.15, -0.1) is 10.2 Å². The molecule has 2 heterocycles. The highest BCUT2D eigenvalue weighted by Crippen LogP contribution is 2.38. The lowest BCUT2D eigenvalue weighted by Gasteiger charge is -2.07. The van der Waals surface area contributed by atoms with E-state index < -0.39 is 12.1 Å². The van der Waals surface area contributed by atoms with Crippen LogP contribution in [0.25, 0.3) is 17.5 Å². The van der Waals surface area contributed by atoms with E-state index in [1.54, 1.807) is 25.1 Å². The maximum Gasteiger partial charge on any atom is 0.331 e. The topological polar surface area (TPSA) is 70.2 Å². The van der Waals surface area contributed by atoms with E-state index in [-0.39, 0.29) is 17.6 Å². The number of nitrogens with zero attached hydrogens (tertiary/aromatic N) is 3. The van der Waals surface area contributed by atoms with Crippen LogP contribution in [0, 0.1) is 19.7 Å². The first-order valence-corrected chi connectivity index (χ1v) is 9.59. The summed E-state index contributed by atoms with van der Waals surface area (Å²) in [4.78, 5) is 12.2. The fourth-order valence-electron chi connectivity index (χ4n) is 3.40. The first-order valence-electron chi connectivity index (χ1n) is 9.59. The van der Waals surface area contributed by atoms with Gasteiger partial charge in [0.05, 0.1) is 0 Å². The third kappa shape index (κ3) is 4.13. The van der Waals surface area contributed by atoms with Crippen LogP contribution in [0.4, 0.5) is 4.39 Å². The van der Waals surface area contributed by atoms with Gasteiger partial charge in [-0.1, -0.05) is 0 Å². The molecular weight excluding hydrogens is 373 g/mol. The Morgan fingerprint density at radius 3 is 2.69 bits per heavy atom. The van der Waals surface area contributed by atoms with Gasteiger partial charge in [-0.2, -0.15) is 0 Å². The number of esters is 1. The molecule has 1 atom stereocenters. The molecule has 4 rings (SSSR count). The summed E-state index contributed by atoms with van der Waals surface area (Å²) in [6, 6.07) is 8.39. The highest BCUT2D eigenvalue weighted by molar-refractivity contribution is 5.87. The Hall–Kier alpha value is -3.22. The fraction of sp³-hybridized carbons (Fsp3) is 0.318. The van der Waals surface area contributed by atoms with E-state index in [0.717, 1.165) is 11.3 Å². The first-order chi connectivity index (χ1) is 13.9. The van der Waals surface area contributed by atoms with E-state index >= 15 is 0 Å². The Labute approximate surface area is 168 Å². The number of aromatic nitrogens is 3. The molecule has 1 fully saturated rings. The summed E-state index contributed by atoms with van der Waals surface area (Å²) in [5, 5.41) is 7.86. The summed E-state index contributed by atoms with van der Waals surface area (Å²) < 4.78 is 26.3. The Bertz CT molecular complexity index is 1060. The zero-order valence-corrected chi connectivity index (χ0v) is 16.6. The molecule has 1 saturated carbocycles. The lowest BCUT2D eigenvalue weighted by atomic mass is 10.2. The summed E-state index contributed by atoms with van der Waals surface area (Å²) in [6.45, 7) is 5.80. The van der Waals surface area contributed by atoms with Crippen molar-refractivity contribution in [3.8, 4) is 11.5 Å². The zero-order chi connectivity index (χ0) is 20.5. The Balaban J connectivity index is 1.40. The van der Waals surface area contributed by atoms with E-state index in [1.165, 1.54) is 36.7 Å². The number of benzene rings is 1. The molecule has 0 aliphatic heterocycles. The second-order valence-electron chi connectivity index (χ2n) is 7.29. The smallest absolute Gasteiger partial charge is 0.331 e. The van der Waals surface area contributed by atoms with Crippen molar-refractivity contribution in [2.45, 2.75) is 45.8 Å². The predicted molar refractivity (Wildman–Crippen MR) is 105 cm³/mol. The van der Waals surface area contributed by atoms with Crippen LogP contribution in [-0.2, 0) is 9.53 Å². The molecule has 2 aromatic heterocycles. The lowest BCUT2D eigenvalue weighted by molar-refractivity contribution is -0.143. The van der Waals surface area contributed by atoms with Gasteiger partial charge in [-0.05, 0) is 75.6 Å². The Morgan fingerprint density at radius 2 is 2.00 bits per heavy atom. The van der Waals surface area contributed by atoms with Crippen LogP contribution < -0.4 is 0 Å². The number of halogens is 1. The van der Waals surface area contributed by atoms with E-state index in [1.807, 2.05) is 0 Å². The molecule has 0 unspecified atom stereocenters. The molecule has 150 valence electrons. The highest BCUT2D eigenvalue weighted by atomic mass is 19.1. The number of rotatable bonds is 6. The minimum absolute atomic E-state index is 0.179. The zero-order valence-electron chi connectivity index (χ0n) is 16.6. The number of hydrogen-bond donors (Lipinski definition) is 0. The summed E-state index contributed by atoms with van der Waals surface area (Å²) in [7, 11) is 0. The van der Waals surface area contributed by atoms with Gasteiger partial charge >= 0.3 is 5.97 Å². The van der Waals surface area contributed by atoms with E-state index in [2.05, 4.69) is 34.7 Å². The minimum atomic E-state index is -0.701. The van der Waals surface area contributed by atoms with Gasteiger partial charge in [-0.3, -0.25) is 0 Å². The monoisotopic (exact) mass is 395 g/mol. The molecule has 7 heteroatoms. The van der Waals surface area contributed by atoms with E-state index in [4.69, 9.17) is 9.15 Å². The second-order valence-corrected chi connectivity index (χ2v) is 7.29. The standard InChI is InChI=1S/C22H22FN3O3/c1-13-12-17(14(2)26(13)19-9-10-19)6-11-20(27)28-15(3)21-24-25-22(29-21)16-4-7-18(23)8-5-16/h4-8,11-12,15,19H,9-10H2,1-3H3/b11-6+/t15-/m0/s1. The van der Waals surface area contributed by atoms with Crippen molar-refractivity contribution in [1.29, 1.82) is 0 Å². The van der Waals surface area contributed by atoms with Crippen LogP contribution in [-0.4, -0.2) is 20.7 Å². The minimum Gasteiger partial charge on any atom is -0.449 e. The van der Waals surface area contributed by atoms with Crippen molar-refractivity contribution in [2.75, 3.05) is 0 Å². The predicted octanol–water partition coefficient (Wildman–Crippen LogP) is 4.95. The van der Waals surface area contributed by atoms with Gasteiger partial charge in [0.2, 0.25) is 5.89 Å². The molecule has 0 saturated heterocycles. The highest BCUT2D eigenvalue weighted by Gasteiger charge is 2.26. The number of hydrogen-bond acceptors (Lipinski definition) is 5. The van der Waals surface area contributed by atoms with Gasteiger partial charge in [0.15, 0.2) is 6.10 Å². The molecule has 3 aromatic rings. The Kier molecular flexibility index (Phi) is 5.05. The van der Waals surface area contributed by atoms with Crippen molar-refractivity contribution in [1.82, 2.24) is 14.8 Å². The summed E-state index contributed by atoms with van der Waals surface area (Å²) in [6.07, 6.45) is 4.90. The average Bonchev–Trinajstić information content (AvgIpc) is 3.31.